The Labute approximate surface area is 121 Å². The van der Waals surface area contributed by atoms with E-state index in [1.807, 2.05) is 30.3 Å². The molecule has 0 unspecified atom stereocenters. The summed E-state index contributed by atoms with van der Waals surface area (Å²) in [5.41, 5.74) is 5.32. The van der Waals surface area contributed by atoms with Gasteiger partial charge in [-0.3, -0.25) is 4.79 Å². The second-order valence-corrected chi connectivity index (χ2v) is 4.83. The van der Waals surface area contributed by atoms with Crippen molar-refractivity contribution in [2.75, 3.05) is 5.32 Å². The number of carbonyl (C=O) groups is 2. The molecule has 4 nitrogen and oxygen atoms in total. The third kappa shape index (κ3) is 2.56. The van der Waals surface area contributed by atoms with Crippen molar-refractivity contribution in [1.82, 2.24) is 0 Å². The van der Waals surface area contributed by atoms with E-state index in [2.05, 4.69) is 17.4 Å². The summed E-state index contributed by atoms with van der Waals surface area (Å²) in [4.78, 5) is 22.2. The summed E-state index contributed by atoms with van der Waals surface area (Å²) < 4.78 is 0. The zero-order valence-electron chi connectivity index (χ0n) is 11.2. The fourth-order valence-electron chi connectivity index (χ4n) is 2.60. The molecule has 4 heteroatoms. The monoisotopic (exact) mass is 279 g/mol. The van der Waals surface area contributed by atoms with E-state index in [-0.39, 0.29) is 0 Å². The molecule has 2 N–H and O–H groups in total. The summed E-state index contributed by atoms with van der Waals surface area (Å²) in [5, 5.41) is 11.3. The van der Waals surface area contributed by atoms with E-state index in [1.165, 1.54) is 11.1 Å². The highest BCUT2D eigenvalue weighted by Gasteiger charge is 2.20. The second kappa shape index (κ2) is 5.25. The molecular formula is C17H13NO3. The zero-order chi connectivity index (χ0) is 14.8. The van der Waals surface area contributed by atoms with E-state index < -0.39 is 11.9 Å². The van der Waals surface area contributed by atoms with Gasteiger partial charge in [-0.25, -0.2) is 4.79 Å². The number of fused-ring (bicyclic) bond motifs is 3. The summed E-state index contributed by atoms with van der Waals surface area (Å²) in [6, 6.07) is 13.9. The van der Waals surface area contributed by atoms with E-state index in [4.69, 9.17) is 5.11 Å². The lowest BCUT2D eigenvalue weighted by atomic mass is 10.0. The smallest absolute Gasteiger partial charge is 0.328 e. The first-order valence-electron chi connectivity index (χ1n) is 6.57. The van der Waals surface area contributed by atoms with Crippen LogP contribution < -0.4 is 5.32 Å². The van der Waals surface area contributed by atoms with Gasteiger partial charge in [0, 0.05) is 24.3 Å². The Morgan fingerprint density at radius 2 is 1.76 bits per heavy atom. The maximum absolute atomic E-state index is 11.7. The second-order valence-electron chi connectivity index (χ2n) is 4.83. The molecule has 0 radical (unpaired) electrons. The minimum atomic E-state index is -1.14. The summed E-state index contributed by atoms with van der Waals surface area (Å²) in [6.45, 7) is 0. The number of nitrogens with one attached hydrogen (secondary N) is 1. The number of hydrogen-bond donors (Lipinski definition) is 2. The lowest BCUT2D eigenvalue weighted by Crippen LogP contribution is -2.10. The standard InChI is InChI=1S/C17H13NO3/c19-16(8-9-17(20)21)18-15-7-3-6-13-12-5-2-1-4-11(12)10-14(13)15/h1-9H,10H2,(H,18,19)(H,20,21)/b9-8+. The topological polar surface area (TPSA) is 66.4 Å². The van der Waals surface area contributed by atoms with Gasteiger partial charge < -0.3 is 10.4 Å². The molecule has 0 aromatic heterocycles. The lowest BCUT2D eigenvalue weighted by Gasteiger charge is -2.08. The third-order valence-corrected chi connectivity index (χ3v) is 3.49. The Bertz CT molecular complexity index is 762. The van der Waals surface area contributed by atoms with E-state index >= 15 is 0 Å². The van der Waals surface area contributed by atoms with Gasteiger partial charge in [-0.05, 0) is 28.3 Å². The molecule has 0 saturated heterocycles. The third-order valence-electron chi connectivity index (χ3n) is 3.49. The van der Waals surface area contributed by atoms with Gasteiger partial charge in [-0.1, -0.05) is 36.4 Å². The largest absolute Gasteiger partial charge is 0.478 e. The van der Waals surface area contributed by atoms with Crippen molar-refractivity contribution in [3.63, 3.8) is 0 Å². The number of anilines is 1. The molecule has 0 heterocycles. The number of hydrogen-bond acceptors (Lipinski definition) is 2. The van der Waals surface area contributed by atoms with Gasteiger partial charge in [-0.15, -0.1) is 0 Å². The van der Waals surface area contributed by atoms with Crippen molar-refractivity contribution in [3.05, 3.63) is 65.7 Å². The maximum atomic E-state index is 11.7. The number of aliphatic carboxylic acids is 1. The average Bonchev–Trinajstić information content (AvgIpc) is 2.85. The van der Waals surface area contributed by atoms with Crippen molar-refractivity contribution in [2.24, 2.45) is 0 Å². The predicted octanol–water partition coefficient (Wildman–Crippen LogP) is 2.84. The highest BCUT2D eigenvalue weighted by molar-refractivity contribution is 6.03. The number of amides is 1. The summed E-state index contributed by atoms with van der Waals surface area (Å²) in [5.74, 6) is -1.59. The molecule has 2 aromatic carbocycles. The number of rotatable bonds is 3. The Morgan fingerprint density at radius 1 is 1.00 bits per heavy atom. The summed E-state index contributed by atoms with van der Waals surface area (Å²) in [7, 11) is 0. The molecular weight excluding hydrogens is 266 g/mol. The molecule has 0 fully saturated rings. The molecule has 1 aliphatic carbocycles. The van der Waals surface area contributed by atoms with Gasteiger partial charge in [0.2, 0.25) is 5.91 Å². The number of benzene rings is 2. The van der Waals surface area contributed by atoms with Crippen LogP contribution in [0.2, 0.25) is 0 Å². The van der Waals surface area contributed by atoms with Crippen LogP contribution in [-0.4, -0.2) is 17.0 Å². The Hall–Kier alpha value is -2.88. The molecule has 104 valence electrons. The van der Waals surface area contributed by atoms with Gasteiger partial charge in [0.25, 0.3) is 0 Å². The lowest BCUT2D eigenvalue weighted by molar-refractivity contribution is -0.131. The molecule has 21 heavy (non-hydrogen) atoms. The Morgan fingerprint density at radius 3 is 2.57 bits per heavy atom. The number of carboxylic acids is 1. The first kappa shape index (κ1) is 13.1. The van der Waals surface area contributed by atoms with E-state index in [0.29, 0.717) is 0 Å². The van der Waals surface area contributed by atoms with Crippen molar-refractivity contribution < 1.29 is 14.7 Å². The SMILES string of the molecule is O=C(O)/C=C/C(=O)Nc1cccc2c1Cc1ccccc1-2. The number of carboxylic acid groups (broad SMARTS) is 1. The molecule has 2 aromatic rings. The van der Waals surface area contributed by atoms with Crippen molar-refractivity contribution in [1.29, 1.82) is 0 Å². The molecule has 1 aliphatic rings. The average molecular weight is 279 g/mol. The van der Waals surface area contributed by atoms with Crippen LogP contribution in [0.3, 0.4) is 0 Å². The van der Waals surface area contributed by atoms with E-state index in [0.717, 1.165) is 35.4 Å². The van der Waals surface area contributed by atoms with Crippen molar-refractivity contribution in [2.45, 2.75) is 6.42 Å². The van der Waals surface area contributed by atoms with Gasteiger partial charge in [0.15, 0.2) is 0 Å². The molecule has 0 spiro atoms. The predicted molar refractivity (Wildman–Crippen MR) is 80.1 cm³/mol. The quantitative estimate of drug-likeness (QED) is 0.724. The van der Waals surface area contributed by atoms with Crippen LogP contribution in [0.25, 0.3) is 11.1 Å². The first-order chi connectivity index (χ1) is 10.1. The van der Waals surface area contributed by atoms with Crippen LogP contribution in [-0.2, 0) is 16.0 Å². The first-order valence-corrected chi connectivity index (χ1v) is 6.57. The molecule has 0 bridgehead atoms. The van der Waals surface area contributed by atoms with Crippen LogP contribution in [0.5, 0.6) is 0 Å². The fourth-order valence-corrected chi connectivity index (χ4v) is 2.60. The van der Waals surface area contributed by atoms with Crippen LogP contribution >= 0.6 is 0 Å². The Balaban J connectivity index is 1.90. The van der Waals surface area contributed by atoms with Gasteiger partial charge in [0.1, 0.15) is 0 Å². The molecule has 1 amide bonds. The minimum absolute atomic E-state index is 0.443. The van der Waals surface area contributed by atoms with Crippen molar-refractivity contribution >= 4 is 17.6 Å². The Kier molecular flexibility index (Phi) is 3.28. The normalized spacial score (nSPS) is 12.0. The number of carbonyl (C=O) groups excluding carboxylic acids is 1. The fraction of sp³-hybridized carbons (Fsp3) is 0.0588. The van der Waals surface area contributed by atoms with Gasteiger partial charge >= 0.3 is 5.97 Å². The highest BCUT2D eigenvalue weighted by Crippen LogP contribution is 2.39. The van der Waals surface area contributed by atoms with Crippen molar-refractivity contribution in [3.8, 4) is 11.1 Å². The molecule has 0 atom stereocenters. The van der Waals surface area contributed by atoms with Gasteiger partial charge in [-0.2, -0.15) is 0 Å². The van der Waals surface area contributed by atoms with E-state index in [9.17, 15) is 9.59 Å². The van der Waals surface area contributed by atoms with Crippen LogP contribution in [0.15, 0.2) is 54.6 Å². The molecule has 3 rings (SSSR count). The highest BCUT2D eigenvalue weighted by atomic mass is 16.4. The minimum Gasteiger partial charge on any atom is -0.478 e. The molecule has 0 aliphatic heterocycles. The molecule has 0 saturated carbocycles. The van der Waals surface area contributed by atoms with Crippen LogP contribution in [0, 0.1) is 0 Å². The zero-order valence-corrected chi connectivity index (χ0v) is 11.2. The summed E-state index contributed by atoms with van der Waals surface area (Å²) in [6.07, 6.45) is 2.61. The van der Waals surface area contributed by atoms with Gasteiger partial charge in [0.05, 0.1) is 0 Å². The summed E-state index contributed by atoms with van der Waals surface area (Å²) >= 11 is 0. The van der Waals surface area contributed by atoms with Crippen LogP contribution in [0.1, 0.15) is 11.1 Å². The van der Waals surface area contributed by atoms with E-state index in [1.54, 1.807) is 0 Å². The van der Waals surface area contributed by atoms with Crippen LogP contribution in [0.4, 0.5) is 5.69 Å². The maximum Gasteiger partial charge on any atom is 0.328 e.